The van der Waals surface area contributed by atoms with Gasteiger partial charge in [0.15, 0.2) is 6.29 Å². The van der Waals surface area contributed by atoms with Crippen LogP contribution in [-0.4, -0.2) is 95.4 Å². The van der Waals surface area contributed by atoms with Crippen molar-refractivity contribution in [2.45, 2.75) is 403 Å². The van der Waals surface area contributed by atoms with E-state index in [0.717, 1.165) is 51.4 Å². The first-order chi connectivity index (χ1) is 39.5. The summed E-state index contributed by atoms with van der Waals surface area (Å²) in [6.45, 7) is 3.51. The first-order valence-electron chi connectivity index (χ1n) is 35.1. The van der Waals surface area contributed by atoms with Gasteiger partial charge in [-0.2, -0.15) is 8.42 Å². The summed E-state index contributed by atoms with van der Waals surface area (Å²) in [6.07, 6.45) is 64.1. The maximum absolute atomic E-state index is 13.2. The summed E-state index contributed by atoms with van der Waals surface area (Å²) in [5.41, 5.74) is 0. The Labute approximate surface area is 500 Å². The van der Waals surface area contributed by atoms with Crippen LogP contribution in [0, 0.1) is 0 Å². The Balaban J connectivity index is 2.15. The summed E-state index contributed by atoms with van der Waals surface area (Å²) in [5.74, 6) is -0.222. The average Bonchev–Trinajstić information content (AvgIpc) is 3.50. The van der Waals surface area contributed by atoms with E-state index in [1.54, 1.807) is 0 Å². The second-order valence-corrected chi connectivity index (χ2v) is 25.9. The summed E-state index contributed by atoms with van der Waals surface area (Å²) in [4.78, 5) is 13.2. The Morgan fingerprint density at radius 2 is 0.790 bits per heavy atom. The molecule has 1 amide bonds. The van der Waals surface area contributed by atoms with Gasteiger partial charge in [0.05, 0.1) is 25.4 Å². The fraction of sp³-hybridized carbons (Fsp3) is 0.956. The lowest BCUT2D eigenvalue weighted by Crippen LogP contribution is -2.61. The second kappa shape index (κ2) is 57.9. The van der Waals surface area contributed by atoms with E-state index in [4.69, 9.17) is 9.47 Å². The molecule has 7 unspecified atom stereocenters. The van der Waals surface area contributed by atoms with Crippen molar-refractivity contribution < 1.29 is 51.8 Å². The molecule has 482 valence electrons. The number of aliphatic hydroxyl groups excluding tert-OH is 4. The van der Waals surface area contributed by atoms with Crippen LogP contribution in [0.3, 0.4) is 0 Å². The van der Waals surface area contributed by atoms with Crippen molar-refractivity contribution in [1.82, 2.24) is 5.32 Å². The number of hydrogen-bond acceptors (Lipinski definition) is 10. The van der Waals surface area contributed by atoms with Crippen molar-refractivity contribution in [2.75, 3.05) is 13.2 Å². The third-order valence-corrected chi connectivity index (χ3v) is 17.5. The molecule has 6 N–H and O–H groups in total. The van der Waals surface area contributed by atoms with Crippen LogP contribution in [0.15, 0.2) is 12.2 Å². The third kappa shape index (κ3) is 49.6. The van der Waals surface area contributed by atoms with Gasteiger partial charge in [0, 0.05) is 6.42 Å². The van der Waals surface area contributed by atoms with E-state index in [-0.39, 0.29) is 12.5 Å². The van der Waals surface area contributed by atoms with Crippen molar-refractivity contribution in [3.8, 4) is 0 Å². The van der Waals surface area contributed by atoms with Crippen molar-refractivity contribution in [2.24, 2.45) is 0 Å². The molecule has 1 aliphatic heterocycles. The van der Waals surface area contributed by atoms with Crippen LogP contribution in [0.25, 0.3) is 0 Å². The van der Waals surface area contributed by atoms with Crippen LogP contribution >= 0.6 is 0 Å². The summed E-state index contributed by atoms with van der Waals surface area (Å²) >= 11 is 0. The largest absolute Gasteiger partial charge is 0.397 e. The normalized spacial score (nSPS) is 18.5. The van der Waals surface area contributed by atoms with E-state index < -0.39 is 59.9 Å². The van der Waals surface area contributed by atoms with Gasteiger partial charge in [0.1, 0.15) is 24.4 Å². The zero-order chi connectivity index (χ0) is 59.0. The molecule has 0 aromatic heterocycles. The lowest BCUT2D eigenvalue weighted by atomic mass is 9.99. The minimum Gasteiger partial charge on any atom is -0.394 e. The molecule has 7 atom stereocenters. The Morgan fingerprint density at radius 3 is 1.11 bits per heavy atom. The van der Waals surface area contributed by atoms with Crippen LogP contribution in [0.2, 0.25) is 0 Å². The molecule has 81 heavy (non-hydrogen) atoms. The van der Waals surface area contributed by atoms with Crippen LogP contribution in [-0.2, 0) is 28.9 Å². The van der Waals surface area contributed by atoms with Gasteiger partial charge in [-0.3, -0.25) is 9.35 Å². The molecule has 0 saturated carbocycles. The highest BCUT2D eigenvalue weighted by atomic mass is 32.3. The average molecular weight is 1170 g/mol. The molecule has 1 fully saturated rings. The molecular formula is C68H133NO11S. The highest BCUT2D eigenvalue weighted by Gasteiger charge is 2.48. The molecular weight excluding hydrogens is 1040 g/mol. The Bertz CT molecular complexity index is 1470. The third-order valence-electron chi connectivity index (χ3n) is 17.1. The molecule has 0 spiro atoms. The van der Waals surface area contributed by atoms with E-state index in [0.29, 0.717) is 12.8 Å². The SMILES string of the molecule is CCCCCCCCCCCCCCCCCC/C=C\CCCCCCCCCCCCCCCCCCCC(=O)NC(COC1OC(CO)C(O)C(OS(=O)(=O)O)C1O)C(O)CCCCCCCCCCCCCCCCCCC. The molecule has 0 bridgehead atoms. The topological polar surface area (TPSA) is 192 Å². The number of allylic oxidation sites excluding steroid dienone is 2. The highest BCUT2D eigenvalue weighted by molar-refractivity contribution is 7.80. The molecule has 0 radical (unpaired) electrons. The first kappa shape index (κ1) is 77.9. The zero-order valence-electron chi connectivity index (χ0n) is 52.9. The minimum atomic E-state index is -5.08. The fourth-order valence-electron chi connectivity index (χ4n) is 11.7. The predicted molar refractivity (Wildman–Crippen MR) is 338 cm³/mol. The molecule has 1 saturated heterocycles. The maximum atomic E-state index is 13.2. The number of amides is 1. The van der Waals surface area contributed by atoms with Crippen LogP contribution in [0.5, 0.6) is 0 Å². The van der Waals surface area contributed by atoms with E-state index in [9.17, 15) is 38.2 Å². The van der Waals surface area contributed by atoms with Crippen LogP contribution < -0.4 is 5.32 Å². The van der Waals surface area contributed by atoms with E-state index in [1.807, 2.05) is 0 Å². The standard InChI is InChI=1S/C68H133NO11S/c1-3-5-7-9-11-13-15-17-19-21-22-23-24-25-26-27-28-29-30-31-32-33-34-35-36-37-38-39-40-42-44-46-48-50-52-54-56-58-64(72)69-61(60-78-68-66(74)67(80-81(75,76)77)65(73)63(59-70)79-68)62(71)57-55-53-51-49-47-45-43-41-20-18-16-14-12-10-8-6-4-2/h29-30,61-63,65-68,70-71,73-74H,3-28,31-60H2,1-2H3,(H,69,72)(H,75,76,77)/b30-29-. The fourth-order valence-corrected chi connectivity index (χ4v) is 12.2. The minimum absolute atomic E-state index is 0.222. The zero-order valence-corrected chi connectivity index (χ0v) is 53.7. The molecule has 0 aromatic carbocycles. The predicted octanol–water partition coefficient (Wildman–Crippen LogP) is 18.1. The summed E-state index contributed by atoms with van der Waals surface area (Å²) < 4.78 is 48.0. The molecule has 1 heterocycles. The monoisotopic (exact) mass is 1170 g/mol. The number of carbonyl (C=O) groups is 1. The Morgan fingerprint density at radius 1 is 0.481 bits per heavy atom. The molecule has 12 nitrogen and oxygen atoms in total. The van der Waals surface area contributed by atoms with E-state index in [2.05, 4.69) is 35.5 Å². The van der Waals surface area contributed by atoms with Gasteiger partial charge < -0.3 is 35.2 Å². The lowest BCUT2D eigenvalue weighted by Gasteiger charge is -2.41. The molecule has 13 heteroatoms. The van der Waals surface area contributed by atoms with Gasteiger partial charge >= 0.3 is 10.4 Å². The molecule has 1 aliphatic rings. The smallest absolute Gasteiger partial charge is 0.394 e. The highest BCUT2D eigenvalue weighted by Crippen LogP contribution is 2.27. The first-order valence-corrected chi connectivity index (χ1v) is 36.4. The van der Waals surface area contributed by atoms with E-state index >= 15 is 0 Å². The number of rotatable bonds is 63. The number of ether oxygens (including phenoxy) is 2. The maximum Gasteiger partial charge on any atom is 0.397 e. The molecule has 1 rings (SSSR count). The van der Waals surface area contributed by atoms with Gasteiger partial charge in [-0.1, -0.05) is 328 Å². The number of aliphatic hydroxyl groups is 4. The number of nitrogens with one attached hydrogen (secondary N) is 1. The van der Waals surface area contributed by atoms with Gasteiger partial charge in [-0.25, -0.2) is 4.18 Å². The summed E-state index contributed by atoms with van der Waals surface area (Å²) in [5, 5.41) is 45.2. The van der Waals surface area contributed by atoms with Crippen molar-refractivity contribution >= 4 is 16.3 Å². The van der Waals surface area contributed by atoms with Crippen molar-refractivity contribution in [1.29, 1.82) is 0 Å². The van der Waals surface area contributed by atoms with Gasteiger partial charge in [-0.05, 0) is 38.5 Å². The van der Waals surface area contributed by atoms with Crippen LogP contribution in [0.4, 0.5) is 0 Å². The lowest BCUT2D eigenvalue weighted by molar-refractivity contribution is -0.298. The summed E-state index contributed by atoms with van der Waals surface area (Å²) in [7, 11) is -5.08. The number of hydrogen-bond donors (Lipinski definition) is 6. The van der Waals surface area contributed by atoms with Crippen molar-refractivity contribution in [3.63, 3.8) is 0 Å². The number of carbonyl (C=O) groups excluding carboxylic acids is 1. The van der Waals surface area contributed by atoms with Crippen molar-refractivity contribution in [3.05, 3.63) is 12.2 Å². The molecule has 0 aromatic rings. The molecule has 0 aliphatic carbocycles. The number of unbranched alkanes of at least 4 members (excludes halogenated alkanes) is 49. The second-order valence-electron chi connectivity index (χ2n) is 24.8. The van der Waals surface area contributed by atoms with E-state index in [1.165, 1.54) is 283 Å². The Kier molecular flexibility index (Phi) is 55.6. The summed E-state index contributed by atoms with van der Waals surface area (Å²) in [6, 6.07) is -0.856. The van der Waals surface area contributed by atoms with Gasteiger partial charge in [-0.15, -0.1) is 0 Å². The van der Waals surface area contributed by atoms with Gasteiger partial charge in [0.25, 0.3) is 0 Å². The quantitative estimate of drug-likeness (QED) is 0.0193. The Hall–Kier alpha value is -1.16. The van der Waals surface area contributed by atoms with Gasteiger partial charge in [0.2, 0.25) is 5.91 Å². The van der Waals surface area contributed by atoms with Crippen LogP contribution in [0.1, 0.15) is 361 Å².